The van der Waals surface area contributed by atoms with Crippen molar-refractivity contribution in [3.8, 4) is 0 Å². The molecule has 0 bridgehead atoms. The molecule has 1 aromatic rings. The van der Waals surface area contributed by atoms with Gasteiger partial charge in [-0.05, 0) is 19.9 Å². The molecule has 0 saturated carbocycles. The quantitative estimate of drug-likeness (QED) is 0.629. The molecule has 0 aromatic carbocycles. The van der Waals surface area contributed by atoms with E-state index in [-0.39, 0.29) is 11.6 Å². The highest BCUT2D eigenvalue weighted by Crippen LogP contribution is 2.03. The Labute approximate surface area is 82.9 Å². The molecule has 0 atom stereocenters. The molecule has 6 nitrogen and oxygen atoms in total. The van der Waals surface area contributed by atoms with E-state index in [0.717, 1.165) is 0 Å². The van der Waals surface area contributed by atoms with Crippen LogP contribution in [0.25, 0.3) is 0 Å². The molecule has 0 radical (unpaired) electrons. The number of H-pyrrole nitrogens is 1. The van der Waals surface area contributed by atoms with Crippen LogP contribution in [0.5, 0.6) is 0 Å². The Morgan fingerprint density at radius 1 is 1.64 bits per heavy atom. The number of aromatic amines is 1. The fraction of sp³-hybridized carbons (Fsp3) is 0.571. The van der Waals surface area contributed by atoms with Gasteiger partial charge in [0.2, 0.25) is 0 Å². The minimum atomic E-state index is -3.50. The molecule has 14 heavy (non-hydrogen) atoms. The fourth-order valence-corrected chi connectivity index (χ4v) is 1.88. The highest BCUT2D eigenvalue weighted by molar-refractivity contribution is 7.89. The maximum absolute atomic E-state index is 11.5. The molecule has 0 aliphatic carbocycles. The smallest absolute Gasteiger partial charge is 0.257 e. The zero-order valence-corrected chi connectivity index (χ0v) is 8.93. The Morgan fingerprint density at radius 2 is 2.29 bits per heavy atom. The van der Waals surface area contributed by atoms with Gasteiger partial charge in [0.15, 0.2) is 5.03 Å². The molecular weight excluding hydrogens is 204 g/mol. The summed E-state index contributed by atoms with van der Waals surface area (Å²) in [5.74, 6) is 0. The highest BCUT2D eigenvalue weighted by Gasteiger charge is 2.19. The first kappa shape index (κ1) is 11.2. The van der Waals surface area contributed by atoms with Gasteiger partial charge < -0.3 is 5.73 Å². The van der Waals surface area contributed by atoms with Crippen LogP contribution in [0, 0.1) is 0 Å². The normalized spacial score (nSPS) is 13.1. The predicted octanol–water partition coefficient (Wildman–Crippen LogP) is -0.575. The number of hydrogen-bond donors (Lipinski definition) is 3. The number of nitrogens with one attached hydrogen (secondary N) is 2. The number of hydrogen-bond acceptors (Lipinski definition) is 4. The van der Waals surface area contributed by atoms with Crippen LogP contribution in [0.1, 0.15) is 13.8 Å². The summed E-state index contributed by atoms with van der Waals surface area (Å²) in [5.41, 5.74) is 5.07. The Bertz CT molecular complexity index is 376. The second-order valence-electron chi connectivity index (χ2n) is 3.73. The summed E-state index contributed by atoms with van der Waals surface area (Å²) in [4.78, 5) is 0. The molecule has 0 amide bonds. The monoisotopic (exact) mass is 218 g/mol. The lowest BCUT2D eigenvalue weighted by Crippen LogP contribution is -2.45. The van der Waals surface area contributed by atoms with E-state index in [1.165, 1.54) is 12.3 Å². The minimum Gasteiger partial charge on any atom is -0.324 e. The first-order valence-electron chi connectivity index (χ1n) is 4.09. The number of aromatic nitrogens is 2. The van der Waals surface area contributed by atoms with Crippen LogP contribution in [0.2, 0.25) is 0 Å². The average Bonchev–Trinajstić information content (AvgIpc) is 2.52. The van der Waals surface area contributed by atoms with Crippen molar-refractivity contribution < 1.29 is 8.42 Å². The molecule has 7 heteroatoms. The van der Waals surface area contributed by atoms with Crippen molar-refractivity contribution in [3.63, 3.8) is 0 Å². The van der Waals surface area contributed by atoms with Gasteiger partial charge in [0.1, 0.15) is 0 Å². The molecule has 4 N–H and O–H groups in total. The zero-order valence-electron chi connectivity index (χ0n) is 8.11. The van der Waals surface area contributed by atoms with Crippen LogP contribution in [-0.4, -0.2) is 30.7 Å². The van der Waals surface area contributed by atoms with E-state index in [0.29, 0.717) is 0 Å². The molecule has 1 aromatic heterocycles. The summed E-state index contributed by atoms with van der Waals surface area (Å²) in [7, 11) is -3.50. The molecule has 0 spiro atoms. The summed E-state index contributed by atoms with van der Waals surface area (Å²) in [6.45, 7) is 3.65. The second kappa shape index (κ2) is 3.68. The van der Waals surface area contributed by atoms with Gasteiger partial charge in [0, 0.05) is 12.1 Å². The molecule has 1 heterocycles. The van der Waals surface area contributed by atoms with Crippen LogP contribution in [0.4, 0.5) is 0 Å². The maximum Gasteiger partial charge on any atom is 0.257 e. The topological polar surface area (TPSA) is 101 Å². The second-order valence-corrected chi connectivity index (χ2v) is 5.47. The van der Waals surface area contributed by atoms with Crippen LogP contribution in [-0.2, 0) is 10.0 Å². The van der Waals surface area contributed by atoms with Crippen molar-refractivity contribution in [1.29, 1.82) is 0 Å². The zero-order chi connectivity index (χ0) is 10.8. The van der Waals surface area contributed by atoms with E-state index in [4.69, 9.17) is 5.73 Å². The third-order valence-electron chi connectivity index (χ3n) is 1.48. The van der Waals surface area contributed by atoms with Crippen LogP contribution < -0.4 is 10.5 Å². The van der Waals surface area contributed by atoms with Crippen molar-refractivity contribution in [3.05, 3.63) is 12.3 Å². The van der Waals surface area contributed by atoms with Gasteiger partial charge in [-0.3, -0.25) is 5.10 Å². The molecule has 0 aliphatic heterocycles. The third kappa shape index (κ3) is 3.09. The van der Waals surface area contributed by atoms with Crippen molar-refractivity contribution in [1.82, 2.24) is 14.9 Å². The molecular formula is C7H14N4O2S. The van der Waals surface area contributed by atoms with Crippen molar-refractivity contribution in [2.24, 2.45) is 5.73 Å². The van der Waals surface area contributed by atoms with Gasteiger partial charge >= 0.3 is 0 Å². The molecule has 0 unspecified atom stereocenters. The van der Waals surface area contributed by atoms with Gasteiger partial charge in [-0.1, -0.05) is 0 Å². The Morgan fingerprint density at radius 3 is 2.71 bits per heavy atom. The maximum atomic E-state index is 11.5. The fourth-order valence-electron chi connectivity index (χ4n) is 0.752. The van der Waals surface area contributed by atoms with Crippen LogP contribution >= 0.6 is 0 Å². The Hall–Kier alpha value is -0.920. The Kier molecular flexibility index (Phi) is 2.93. The summed E-state index contributed by atoms with van der Waals surface area (Å²) in [6, 6.07) is 1.38. The van der Waals surface area contributed by atoms with E-state index in [9.17, 15) is 8.42 Å². The largest absolute Gasteiger partial charge is 0.324 e. The van der Waals surface area contributed by atoms with Gasteiger partial charge in [-0.15, -0.1) is 0 Å². The van der Waals surface area contributed by atoms with Crippen LogP contribution in [0.3, 0.4) is 0 Å². The number of nitrogens with zero attached hydrogens (tertiary/aromatic N) is 1. The van der Waals surface area contributed by atoms with E-state index in [1.54, 1.807) is 13.8 Å². The molecule has 1 rings (SSSR count). The highest BCUT2D eigenvalue weighted by atomic mass is 32.2. The predicted molar refractivity (Wildman–Crippen MR) is 52.0 cm³/mol. The van der Waals surface area contributed by atoms with E-state index in [1.807, 2.05) is 0 Å². The molecule has 0 fully saturated rings. The van der Waals surface area contributed by atoms with E-state index in [2.05, 4.69) is 14.9 Å². The molecule has 80 valence electrons. The third-order valence-corrected chi connectivity index (χ3v) is 2.81. The van der Waals surface area contributed by atoms with E-state index >= 15 is 0 Å². The van der Waals surface area contributed by atoms with Crippen molar-refractivity contribution >= 4 is 10.0 Å². The van der Waals surface area contributed by atoms with Gasteiger partial charge in [0.05, 0.1) is 6.20 Å². The van der Waals surface area contributed by atoms with Crippen molar-refractivity contribution in [2.45, 2.75) is 24.4 Å². The van der Waals surface area contributed by atoms with Gasteiger partial charge in [0.25, 0.3) is 10.0 Å². The van der Waals surface area contributed by atoms with Gasteiger partial charge in [-0.2, -0.15) is 5.10 Å². The number of sulfonamides is 1. The average molecular weight is 218 g/mol. The number of rotatable bonds is 4. The lowest BCUT2D eigenvalue weighted by molar-refractivity contribution is 0.497. The summed E-state index contributed by atoms with van der Waals surface area (Å²) in [5, 5.41) is 5.97. The van der Waals surface area contributed by atoms with Crippen molar-refractivity contribution in [2.75, 3.05) is 6.54 Å². The number of nitrogens with two attached hydrogens (primary N) is 1. The lowest BCUT2D eigenvalue weighted by atomic mass is 10.1. The summed E-state index contributed by atoms with van der Waals surface area (Å²) in [6.07, 6.45) is 1.38. The first-order chi connectivity index (χ1) is 6.31. The standard InChI is InChI=1S/C7H14N4O2S/c1-7(2,8)5-10-14(12,13)6-3-4-9-11-6/h3-4,10H,5,8H2,1-2H3,(H,9,11). The summed E-state index contributed by atoms with van der Waals surface area (Å²) < 4.78 is 25.4. The summed E-state index contributed by atoms with van der Waals surface area (Å²) >= 11 is 0. The van der Waals surface area contributed by atoms with Crippen LogP contribution in [0.15, 0.2) is 17.3 Å². The van der Waals surface area contributed by atoms with E-state index < -0.39 is 15.6 Å². The molecule has 0 aliphatic rings. The Balaban J connectivity index is 2.70. The molecule has 0 saturated heterocycles. The first-order valence-corrected chi connectivity index (χ1v) is 5.57. The lowest BCUT2D eigenvalue weighted by Gasteiger charge is -2.18. The minimum absolute atomic E-state index is 0.0433. The van der Waals surface area contributed by atoms with Gasteiger partial charge in [-0.25, -0.2) is 13.1 Å². The SMILES string of the molecule is CC(C)(N)CNS(=O)(=O)c1ccn[nH]1.